The largest absolute Gasteiger partial charge is 0.492 e. The number of piperidine rings is 1. The van der Waals surface area contributed by atoms with Crippen LogP contribution in [-0.4, -0.2) is 58.7 Å². The van der Waals surface area contributed by atoms with Crippen molar-refractivity contribution in [3.63, 3.8) is 0 Å². The van der Waals surface area contributed by atoms with Crippen molar-refractivity contribution in [2.45, 2.75) is 26.3 Å². The van der Waals surface area contributed by atoms with E-state index in [-0.39, 0.29) is 17.7 Å². The van der Waals surface area contributed by atoms with Gasteiger partial charge in [0.25, 0.3) is 5.56 Å². The minimum absolute atomic E-state index is 0.159. The predicted octanol–water partition coefficient (Wildman–Crippen LogP) is 4.96. The van der Waals surface area contributed by atoms with Gasteiger partial charge in [-0.25, -0.2) is 9.48 Å². The van der Waals surface area contributed by atoms with Crippen LogP contribution in [0.3, 0.4) is 0 Å². The van der Waals surface area contributed by atoms with E-state index in [0.717, 1.165) is 37.1 Å². The lowest BCUT2D eigenvalue weighted by Crippen LogP contribution is -2.31. The monoisotopic (exact) mass is 526 g/mol. The lowest BCUT2D eigenvalue weighted by Gasteiger charge is -2.28. The van der Waals surface area contributed by atoms with Gasteiger partial charge in [0.1, 0.15) is 5.76 Å². The number of likely N-dealkylation sites (tertiary alicyclic amines) is 1. The maximum Gasteiger partial charge on any atom is 0.335 e. The summed E-state index contributed by atoms with van der Waals surface area (Å²) in [7, 11) is 2.15. The topological polar surface area (TPSA) is 97.0 Å². The van der Waals surface area contributed by atoms with Crippen molar-refractivity contribution in [2.24, 2.45) is 10.9 Å². The molecule has 8 nitrogen and oxygen atoms in total. The zero-order chi connectivity index (χ0) is 27.8. The maximum atomic E-state index is 12.5. The molecular weight excluding hydrogens is 492 g/mol. The molecule has 0 radical (unpaired) electrons. The molecule has 0 unspecified atom stereocenters. The summed E-state index contributed by atoms with van der Waals surface area (Å²) in [6, 6.07) is 17.2. The Morgan fingerprint density at radius 3 is 2.62 bits per heavy atom. The van der Waals surface area contributed by atoms with Gasteiger partial charge in [-0.3, -0.25) is 9.79 Å². The molecule has 1 N–H and O–H groups in total. The van der Waals surface area contributed by atoms with E-state index < -0.39 is 5.97 Å². The van der Waals surface area contributed by atoms with E-state index in [2.05, 4.69) is 28.6 Å². The van der Waals surface area contributed by atoms with Gasteiger partial charge in [-0.15, -0.1) is 0 Å². The van der Waals surface area contributed by atoms with Crippen molar-refractivity contribution < 1.29 is 14.6 Å². The van der Waals surface area contributed by atoms with Gasteiger partial charge in [0, 0.05) is 11.6 Å². The second-order valence-electron chi connectivity index (χ2n) is 9.75. The van der Waals surface area contributed by atoms with Crippen LogP contribution >= 0.6 is 0 Å². The van der Waals surface area contributed by atoms with Crippen LogP contribution in [0, 0.1) is 5.92 Å². The Morgan fingerprint density at radius 2 is 1.87 bits per heavy atom. The standard InChI is InChI=1S/C31H34N4O4/c1-4-28(39-21-23-13-15-34(3)16-14-23)19-32-22(2)25-8-5-7-24(17-25)20-35-30(36)12-11-29(33-35)26-9-6-10-27(18-26)31(37)38/h4-12,17-19,23H,2,13-16,20-21H2,1,3H3,(H,37,38)/b28-4+,32-19-. The normalized spacial score (nSPS) is 15.0. The van der Waals surface area contributed by atoms with E-state index in [1.807, 2.05) is 37.3 Å². The summed E-state index contributed by atoms with van der Waals surface area (Å²) < 4.78 is 7.37. The molecule has 0 saturated carbocycles. The molecule has 1 aromatic heterocycles. The summed E-state index contributed by atoms with van der Waals surface area (Å²) in [4.78, 5) is 30.8. The molecule has 1 aliphatic rings. The van der Waals surface area contributed by atoms with Crippen molar-refractivity contribution in [3.8, 4) is 11.3 Å². The van der Waals surface area contributed by atoms with E-state index >= 15 is 0 Å². The Labute approximate surface area is 228 Å². The third-order valence-corrected chi connectivity index (χ3v) is 6.82. The fourth-order valence-corrected chi connectivity index (χ4v) is 4.40. The average Bonchev–Trinajstić information content (AvgIpc) is 2.95. The third-order valence-electron chi connectivity index (χ3n) is 6.82. The molecule has 2 aromatic carbocycles. The van der Waals surface area contributed by atoms with Crippen molar-refractivity contribution in [1.29, 1.82) is 0 Å². The zero-order valence-corrected chi connectivity index (χ0v) is 22.4. The Morgan fingerprint density at radius 1 is 1.13 bits per heavy atom. The molecular formula is C31H34N4O4. The number of carboxylic acids is 1. The summed E-state index contributed by atoms with van der Waals surface area (Å²) in [5, 5.41) is 13.8. The van der Waals surface area contributed by atoms with Gasteiger partial charge in [0.05, 0.1) is 36.3 Å². The highest BCUT2D eigenvalue weighted by Crippen LogP contribution is 2.20. The molecule has 0 bridgehead atoms. The van der Waals surface area contributed by atoms with Crippen LogP contribution in [0.2, 0.25) is 0 Å². The van der Waals surface area contributed by atoms with Crippen LogP contribution in [0.15, 0.2) is 88.9 Å². The maximum absolute atomic E-state index is 12.5. The van der Waals surface area contributed by atoms with Crippen molar-refractivity contribution in [2.75, 3.05) is 26.7 Å². The molecule has 8 heteroatoms. The highest BCUT2D eigenvalue weighted by Gasteiger charge is 2.17. The highest BCUT2D eigenvalue weighted by atomic mass is 16.5. The van der Waals surface area contributed by atoms with E-state index in [9.17, 15) is 14.7 Å². The number of carboxylic acid groups (broad SMARTS) is 1. The van der Waals surface area contributed by atoms with E-state index in [0.29, 0.717) is 35.2 Å². The first-order valence-electron chi connectivity index (χ1n) is 13.0. The fraction of sp³-hybridized carbons (Fsp3) is 0.290. The average molecular weight is 527 g/mol. The first-order valence-corrected chi connectivity index (χ1v) is 13.0. The molecule has 4 rings (SSSR count). The zero-order valence-electron chi connectivity index (χ0n) is 22.4. The molecule has 1 saturated heterocycles. The number of aliphatic imine (C=N–C) groups is 1. The van der Waals surface area contributed by atoms with Crippen LogP contribution in [0.1, 0.15) is 41.3 Å². The number of hydrogen-bond donors (Lipinski definition) is 1. The highest BCUT2D eigenvalue weighted by molar-refractivity contribution is 5.89. The number of benzene rings is 2. The predicted molar refractivity (Wildman–Crippen MR) is 154 cm³/mol. The van der Waals surface area contributed by atoms with Gasteiger partial charge >= 0.3 is 5.97 Å². The lowest BCUT2D eigenvalue weighted by molar-refractivity contribution is 0.0697. The Hall–Kier alpha value is -4.30. The number of rotatable bonds is 10. The van der Waals surface area contributed by atoms with Gasteiger partial charge in [-0.05, 0) is 87.3 Å². The molecule has 1 fully saturated rings. The molecule has 39 heavy (non-hydrogen) atoms. The summed E-state index contributed by atoms with van der Waals surface area (Å²) in [5.74, 6) is 0.252. The number of carbonyl (C=O) groups is 1. The van der Waals surface area contributed by atoms with Gasteiger partial charge in [0.15, 0.2) is 0 Å². The summed E-state index contributed by atoms with van der Waals surface area (Å²) >= 11 is 0. The van der Waals surface area contributed by atoms with Crippen LogP contribution in [0.25, 0.3) is 17.0 Å². The second-order valence-corrected chi connectivity index (χ2v) is 9.75. The lowest BCUT2D eigenvalue weighted by atomic mass is 9.98. The molecule has 0 aliphatic carbocycles. The van der Waals surface area contributed by atoms with Gasteiger partial charge < -0.3 is 14.7 Å². The Kier molecular flexibility index (Phi) is 9.22. The van der Waals surface area contributed by atoms with Gasteiger partial charge in [0.2, 0.25) is 0 Å². The number of aromatic carboxylic acids is 1. The minimum Gasteiger partial charge on any atom is -0.492 e. The molecule has 202 valence electrons. The van der Waals surface area contributed by atoms with Crippen molar-refractivity contribution in [3.05, 3.63) is 106 Å². The fourth-order valence-electron chi connectivity index (χ4n) is 4.40. The van der Waals surface area contributed by atoms with Crippen LogP contribution < -0.4 is 5.56 Å². The summed E-state index contributed by atoms with van der Waals surface area (Å²) in [5.41, 5.74) is 3.31. The molecule has 0 spiro atoms. The second kappa shape index (κ2) is 13.0. The van der Waals surface area contributed by atoms with Gasteiger partial charge in [-0.2, -0.15) is 5.10 Å². The van der Waals surface area contributed by atoms with Crippen molar-refractivity contribution >= 4 is 17.9 Å². The number of nitrogens with zero attached hydrogens (tertiary/aromatic N) is 4. The van der Waals surface area contributed by atoms with E-state index in [1.54, 1.807) is 30.5 Å². The first-order chi connectivity index (χ1) is 18.8. The smallest absolute Gasteiger partial charge is 0.335 e. The Balaban J connectivity index is 1.43. The number of ether oxygens (including phenoxy) is 1. The number of allylic oxidation sites excluding steroid dienone is 2. The molecule has 2 heterocycles. The van der Waals surface area contributed by atoms with Crippen LogP contribution in [-0.2, 0) is 11.3 Å². The van der Waals surface area contributed by atoms with Gasteiger partial charge in [-0.1, -0.05) is 36.9 Å². The number of aromatic nitrogens is 2. The molecule has 1 aliphatic heterocycles. The van der Waals surface area contributed by atoms with Crippen LogP contribution in [0.5, 0.6) is 0 Å². The summed E-state index contributed by atoms with van der Waals surface area (Å²) in [6.07, 6.45) is 5.88. The first kappa shape index (κ1) is 27.7. The summed E-state index contributed by atoms with van der Waals surface area (Å²) in [6.45, 7) is 9.17. The quantitative estimate of drug-likeness (QED) is 0.296. The molecule has 0 amide bonds. The van der Waals surface area contributed by atoms with E-state index in [1.165, 1.54) is 16.8 Å². The Bertz CT molecular complexity index is 1450. The SMILES string of the molecule is C=C(/N=C\C(=C/C)OCC1CCN(C)CC1)c1cccc(Cn2nc(-c3cccc(C(=O)O)c3)ccc2=O)c1. The van der Waals surface area contributed by atoms with Crippen molar-refractivity contribution in [1.82, 2.24) is 14.7 Å². The van der Waals surface area contributed by atoms with Crippen LogP contribution in [0.4, 0.5) is 0 Å². The third kappa shape index (κ3) is 7.61. The number of hydrogen-bond acceptors (Lipinski definition) is 6. The molecule has 0 atom stereocenters. The molecule has 3 aromatic rings. The van der Waals surface area contributed by atoms with E-state index in [4.69, 9.17) is 4.74 Å². The minimum atomic E-state index is -1.02.